The van der Waals surface area contributed by atoms with Gasteiger partial charge in [0, 0.05) is 5.69 Å². The van der Waals surface area contributed by atoms with Crippen molar-refractivity contribution in [2.24, 2.45) is 0 Å². The van der Waals surface area contributed by atoms with E-state index in [-0.39, 0.29) is 11.6 Å². The van der Waals surface area contributed by atoms with Crippen LogP contribution < -0.4 is 19.7 Å². The van der Waals surface area contributed by atoms with E-state index in [9.17, 15) is 22.4 Å². The molecule has 212 valence electrons. The van der Waals surface area contributed by atoms with Crippen molar-refractivity contribution in [3.8, 4) is 11.5 Å². The standard InChI is InChI=1S/C30H22AsF4N5O2/c1-16(2)24-9-8-23-27(39-24)36-15-37-28(23)40-25-14-21(5-10-26(25)42-22-6-3-19(31)4-7-22)38-29(41)17-11-18(30(33,34)35)13-20(32)12-17/h3-16H,1-2H3,(H,38,41)(H,36,37,39,40). The number of fused-ring (bicyclic) bond motifs is 1. The summed E-state index contributed by atoms with van der Waals surface area (Å²) >= 11 is 2.43. The van der Waals surface area contributed by atoms with Gasteiger partial charge in [-0.05, 0) is 24.1 Å². The van der Waals surface area contributed by atoms with Crippen LogP contribution in [-0.2, 0) is 6.18 Å². The average Bonchev–Trinajstić information content (AvgIpc) is 2.94. The van der Waals surface area contributed by atoms with E-state index in [0.717, 1.165) is 16.1 Å². The monoisotopic (exact) mass is 635 g/mol. The Kier molecular flexibility index (Phi) is 8.13. The van der Waals surface area contributed by atoms with Gasteiger partial charge < -0.3 is 0 Å². The molecule has 0 bridgehead atoms. The zero-order valence-corrected chi connectivity index (χ0v) is 24.1. The van der Waals surface area contributed by atoms with Crippen LogP contribution in [0.5, 0.6) is 11.5 Å². The number of rotatable bonds is 7. The van der Waals surface area contributed by atoms with Crippen molar-refractivity contribution in [3.63, 3.8) is 0 Å². The summed E-state index contributed by atoms with van der Waals surface area (Å²) in [4.78, 5) is 26.1. The van der Waals surface area contributed by atoms with Gasteiger partial charge in [0.05, 0.1) is 5.56 Å². The van der Waals surface area contributed by atoms with Crippen LogP contribution in [0.4, 0.5) is 34.8 Å². The number of benzene rings is 3. The molecule has 0 saturated heterocycles. The number of anilines is 3. The minimum atomic E-state index is -4.81. The van der Waals surface area contributed by atoms with Crippen molar-refractivity contribution >= 4 is 55.3 Å². The van der Waals surface area contributed by atoms with E-state index in [1.54, 1.807) is 18.2 Å². The molecule has 0 fully saturated rings. The van der Waals surface area contributed by atoms with E-state index in [1.165, 1.54) is 18.5 Å². The Hall–Kier alpha value is -4.50. The molecular weight excluding hydrogens is 613 g/mol. The van der Waals surface area contributed by atoms with Gasteiger partial charge in [-0.3, -0.25) is 0 Å². The zero-order valence-electron chi connectivity index (χ0n) is 22.2. The van der Waals surface area contributed by atoms with Crippen LogP contribution in [0.3, 0.4) is 0 Å². The Bertz CT molecular complexity index is 1780. The first-order valence-electron chi connectivity index (χ1n) is 12.6. The van der Waals surface area contributed by atoms with Crippen molar-refractivity contribution in [1.29, 1.82) is 0 Å². The van der Waals surface area contributed by atoms with Crippen LogP contribution >= 0.6 is 0 Å². The minimum absolute atomic E-state index is 0.194. The van der Waals surface area contributed by atoms with Crippen LogP contribution in [0.1, 0.15) is 41.4 Å². The third-order valence-electron chi connectivity index (χ3n) is 6.15. The van der Waals surface area contributed by atoms with E-state index < -0.39 is 29.0 Å². The number of halogens is 4. The summed E-state index contributed by atoms with van der Waals surface area (Å²) in [7, 11) is 0. The van der Waals surface area contributed by atoms with Crippen molar-refractivity contribution in [1.82, 2.24) is 15.0 Å². The van der Waals surface area contributed by atoms with Crippen molar-refractivity contribution < 1.29 is 27.1 Å². The average molecular weight is 635 g/mol. The third kappa shape index (κ3) is 6.68. The Balaban J connectivity index is 1.51. The van der Waals surface area contributed by atoms with Gasteiger partial charge in [0.1, 0.15) is 5.82 Å². The quantitative estimate of drug-likeness (QED) is 0.150. The normalized spacial score (nSPS) is 11.5. The van der Waals surface area contributed by atoms with Crippen molar-refractivity contribution in [2.75, 3.05) is 10.6 Å². The number of alkyl halides is 3. The number of carbonyl (C=O) groups excluding carboxylic acids is 1. The molecule has 2 aromatic heterocycles. The van der Waals surface area contributed by atoms with Crippen LogP contribution in [0.2, 0.25) is 0 Å². The summed E-state index contributed by atoms with van der Waals surface area (Å²) < 4.78 is 60.5. The summed E-state index contributed by atoms with van der Waals surface area (Å²) in [6, 6.07) is 17.3. The summed E-state index contributed by atoms with van der Waals surface area (Å²) in [6.07, 6.45) is -3.44. The first kappa shape index (κ1) is 29.0. The van der Waals surface area contributed by atoms with Crippen molar-refractivity contribution in [3.05, 3.63) is 102 Å². The molecule has 0 atom stereocenters. The molecule has 0 unspecified atom stereocenters. The predicted molar refractivity (Wildman–Crippen MR) is 152 cm³/mol. The van der Waals surface area contributed by atoms with Gasteiger partial charge in [-0.1, -0.05) is 13.8 Å². The van der Waals surface area contributed by atoms with Gasteiger partial charge >= 0.3 is 175 Å². The second kappa shape index (κ2) is 11.8. The van der Waals surface area contributed by atoms with Gasteiger partial charge in [-0.25, -0.2) is 4.39 Å². The summed E-state index contributed by atoms with van der Waals surface area (Å²) in [5, 5.41) is 6.37. The molecule has 3 aromatic carbocycles. The third-order valence-corrected chi connectivity index (χ3v) is 6.78. The Labute approximate surface area is 246 Å². The van der Waals surface area contributed by atoms with Gasteiger partial charge in [-0.15, -0.1) is 0 Å². The fourth-order valence-corrected chi connectivity index (χ4v) is 4.34. The molecule has 2 radical (unpaired) electrons. The molecule has 5 rings (SSSR count). The second-order valence-electron chi connectivity index (χ2n) is 9.60. The van der Waals surface area contributed by atoms with Gasteiger partial charge in [0.2, 0.25) is 0 Å². The number of nitrogens with zero attached hydrogens (tertiary/aromatic N) is 3. The van der Waals surface area contributed by atoms with E-state index in [0.29, 0.717) is 46.2 Å². The summed E-state index contributed by atoms with van der Waals surface area (Å²) in [5.41, 5.74) is 0.197. The van der Waals surface area contributed by atoms with E-state index >= 15 is 0 Å². The van der Waals surface area contributed by atoms with Crippen LogP contribution in [-0.4, -0.2) is 37.7 Å². The first-order valence-corrected chi connectivity index (χ1v) is 13.6. The van der Waals surface area contributed by atoms with E-state index in [2.05, 4.69) is 42.4 Å². The number of amides is 1. The molecular formula is C30H22AsF4N5O2. The molecule has 1 amide bonds. The first-order chi connectivity index (χ1) is 20.0. The van der Waals surface area contributed by atoms with Crippen LogP contribution in [0.15, 0.2) is 79.1 Å². The number of ether oxygens (including phenoxy) is 1. The van der Waals surface area contributed by atoms with Crippen LogP contribution in [0, 0.1) is 5.82 Å². The molecule has 7 nitrogen and oxygen atoms in total. The Morgan fingerprint density at radius 3 is 2.43 bits per heavy atom. The van der Waals surface area contributed by atoms with Gasteiger partial charge in [-0.2, -0.15) is 13.2 Å². The molecule has 0 aliphatic carbocycles. The molecule has 2 heterocycles. The SMILES string of the molecule is CC(C)c1ccc2c(Nc3cc(NC(=O)c4cc(F)cc(C(F)(F)F)c4)ccc3Oc3ccc([As])cc3)ncnc2n1. The van der Waals surface area contributed by atoms with Crippen LogP contribution in [0.25, 0.3) is 11.0 Å². The number of aromatic nitrogens is 3. The number of carbonyl (C=O) groups is 1. The molecule has 12 heteroatoms. The molecule has 42 heavy (non-hydrogen) atoms. The number of hydrogen-bond donors (Lipinski definition) is 2. The predicted octanol–water partition coefficient (Wildman–Crippen LogP) is 6.89. The Morgan fingerprint density at radius 2 is 1.71 bits per heavy atom. The van der Waals surface area contributed by atoms with Gasteiger partial charge in [0.25, 0.3) is 0 Å². The zero-order chi connectivity index (χ0) is 30.0. The summed E-state index contributed by atoms with van der Waals surface area (Å²) in [6.45, 7) is 4.05. The Morgan fingerprint density at radius 1 is 0.952 bits per heavy atom. The van der Waals surface area contributed by atoms with E-state index in [4.69, 9.17) is 4.74 Å². The molecule has 0 saturated carbocycles. The van der Waals surface area contributed by atoms with E-state index in [1.807, 2.05) is 38.1 Å². The molecule has 0 spiro atoms. The second-order valence-corrected chi connectivity index (χ2v) is 10.7. The fraction of sp³-hybridized carbons (Fsp3) is 0.133. The molecule has 5 aromatic rings. The topological polar surface area (TPSA) is 89.0 Å². The maximum atomic E-state index is 13.9. The molecule has 2 N–H and O–H groups in total. The summed E-state index contributed by atoms with van der Waals surface area (Å²) in [5.74, 6) is -0.580. The molecule has 0 aliphatic heterocycles. The number of nitrogens with one attached hydrogen (secondary N) is 2. The molecule has 0 aliphatic rings. The number of pyridine rings is 1. The van der Waals surface area contributed by atoms with Gasteiger partial charge in [0.15, 0.2) is 0 Å². The maximum absolute atomic E-state index is 13.9. The van der Waals surface area contributed by atoms with Crippen molar-refractivity contribution in [2.45, 2.75) is 25.9 Å². The number of hydrogen-bond acceptors (Lipinski definition) is 6. The fourth-order valence-electron chi connectivity index (χ4n) is 4.03.